The van der Waals surface area contributed by atoms with Crippen LogP contribution in [0.2, 0.25) is 0 Å². The topological polar surface area (TPSA) is 54.4 Å². The van der Waals surface area contributed by atoms with Crippen LogP contribution in [0, 0.1) is 0 Å². The fourth-order valence-electron chi connectivity index (χ4n) is 1.27. The van der Waals surface area contributed by atoms with Gasteiger partial charge in [0.2, 0.25) is 5.78 Å². The van der Waals surface area contributed by atoms with Crippen LogP contribution in [0.4, 0.5) is 17.6 Å². The fraction of sp³-hybridized carbons (Fsp3) is 0.231. The van der Waals surface area contributed by atoms with E-state index in [0.29, 0.717) is 0 Å². The monoisotopic (exact) mass is 290 g/mol. The lowest BCUT2D eigenvalue weighted by molar-refractivity contribution is -0.167. The van der Waals surface area contributed by atoms with Crippen molar-refractivity contribution in [3.05, 3.63) is 35.9 Å². The first-order valence-corrected chi connectivity index (χ1v) is 5.43. The van der Waals surface area contributed by atoms with E-state index in [1.807, 2.05) is 0 Å². The molecule has 0 fully saturated rings. The van der Waals surface area contributed by atoms with E-state index in [1.165, 1.54) is 18.2 Å². The third-order valence-electron chi connectivity index (χ3n) is 2.37. The number of rotatable bonds is 6. The Morgan fingerprint density at radius 3 is 2.40 bits per heavy atom. The Bertz CT molecular complexity index is 538. The van der Waals surface area contributed by atoms with E-state index >= 15 is 0 Å². The minimum atomic E-state index is -4.83. The summed E-state index contributed by atoms with van der Waals surface area (Å²) in [5.74, 6) is -8.18. The molecule has 0 heterocycles. The number of hydrogen-bond donors (Lipinski definition) is 1. The zero-order valence-corrected chi connectivity index (χ0v) is 10.0. The van der Waals surface area contributed by atoms with Crippen molar-refractivity contribution in [3.63, 3.8) is 0 Å². The number of carbonyl (C=O) groups is 2. The molecule has 1 aromatic carbocycles. The van der Waals surface area contributed by atoms with E-state index in [4.69, 9.17) is 0 Å². The number of benzene rings is 1. The number of para-hydroxylation sites is 1. The molecule has 1 rings (SSSR count). The lowest BCUT2D eigenvalue weighted by atomic mass is 10.1. The van der Waals surface area contributed by atoms with Crippen molar-refractivity contribution in [2.75, 3.05) is 0 Å². The molecule has 0 bridgehead atoms. The number of phenols is 1. The highest BCUT2D eigenvalue weighted by atomic mass is 19.3. The number of halogens is 4. The first-order chi connectivity index (χ1) is 9.25. The molecule has 0 aromatic heterocycles. The minimum absolute atomic E-state index is 0.152. The molecule has 3 nitrogen and oxygen atoms in total. The van der Waals surface area contributed by atoms with Crippen molar-refractivity contribution in [3.8, 4) is 5.75 Å². The molecule has 0 saturated carbocycles. The summed E-state index contributed by atoms with van der Waals surface area (Å²) < 4.78 is 49.0. The Kier molecular flexibility index (Phi) is 5.01. The predicted octanol–water partition coefficient (Wildman–Crippen LogP) is 2.83. The highest BCUT2D eigenvalue weighted by Gasteiger charge is 2.48. The van der Waals surface area contributed by atoms with Gasteiger partial charge >= 0.3 is 12.3 Å². The van der Waals surface area contributed by atoms with Gasteiger partial charge in [-0.3, -0.25) is 9.59 Å². The van der Waals surface area contributed by atoms with E-state index in [0.717, 1.165) is 12.2 Å². The maximum Gasteiger partial charge on any atom is 0.364 e. The Hall–Kier alpha value is -2.18. The first kappa shape index (κ1) is 15.9. The van der Waals surface area contributed by atoms with Gasteiger partial charge in [0, 0.05) is 5.56 Å². The van der Waals surface area contributed by atoms with Crippen LogP contribution in [-0.4, -0.2) is 29.0 Å². The van der Waals surface area contributed by atoms with Gasteiger partial charge < -0.3 is 5.11 Å². The summed E-state index contributed by atoms with van der Waals surface area (Å²) in [6.07, 6.45) is -3.61. The summed E-state index contributed by atoms with van der Waals surface area (Å²) in [6.45, 7) is 0. The average Bonchev–Trinajstić information content (AvgIpc) is 2.37. The van der Waals surface area contributed by atoms with Gasteiger partial charge in [-0.15, -0.1) is 0 Å². The summed E-state index contributed by atoms with van der Waals surface area (Å²) >= 11 is 0. The largest absolute Gasteiger partial charge is 0.507 e. The molecule has 0 aliphatic carbocycles. The van der Waals surface area contributed by atoms with Crippen molar-refractivity contribution in [1.29, 1.82) is 0 Å². The van der Waals surface area contributed by atoms with Crippen molar-refractivity contribution in [2.45, 2.75) is 18.8 Å². The van der Waals surface area contributed by atoms with Crippen LogP contribution in [-0.2, 0) is 9.59 Å². The number of phenolic OH excluding ortho intramolecular Hbond substituents is 1. The molecule has 0 unspecified atom stereocenters. The standard InChI is InChI=1S/C13H10F4O3/c14-12(15)13(16,17)11(20)7-9(18)6-5-8-3-1-2-4-10(8)19/h1-6,12,19H,7H2/b6-5+. The van der Waals surface area contributed by atoms with Gasteiger partial charge in [0.25, 0.3) is 0 Å². The molecule has 7 heteroatoms. The third-order valence-corrected chi connectivity index (χ3v) is 2.37. The summed E-state index contributed by atoms with van der Waals surface area (Å²) in [6, 6.07) is 5.86. The molecule has 1 aromatic rings. The van der Waals surface area contributed by atoms with Crippen LogP contribution in [0.25, 0.3) is 6.08 Å². The smallest absolute Gasteiger partial charge is 0.364 e. The molecule has 20 heavy (non-hydrogen) atoms. The first-order valence-electron chi connectivity index (χ1n) is 5.43. The van der Waals surface area contributed by atoms with E-state index in [2.05, 4.69) is 0 Å². The van der Waals surface area contributed by atoms with Crippen LogP contribution < -0.4 is 0 Å². The zero-order chi connectivity index (χ0) is 15.3. The maximum atomic E-state index is 12.6. The van der Waals surface area contributed by atoms with Gasteiger partial charge in [-0.05, 0) is 18.2 Å². The fourth-order valence-corrected chi connectivity index (χ4v) is 1.27. The highest BCUT2D eigenvalue weighted by Crippen LogP contribution is 2.25. The summed E-state index contributed by atoms with van der Waals surface area (Å²) in [4.78, 5) is 22.1. The third kappa shape index (κ3) is 3.91. The Morgan fingerprint density at radius 2 is 1.85 bits per heavy atom. The number of Topliss-reactive ketones (excluding diaryl/α,β-unsaturated/α-hetero) is 1. The number of aromatic hydroxyl groups is 1. The van der Waals surface area contributed by atoms with Crippen LogP contribution in [0.1, 0.15) is 12.0 Å². The number of ketones is 2. The minimum Gasteiger partial charge on any atom is -0.507 e. The molecular weight excluding hydrogens is 280 g/mol. The number of hydrogen-bond acceptors (Lipinski definition) is 3. The van der Waals surface area contributed by atoms with Crippen molar-refractivity contribution in [2.24, 2.45) is 0 Å². The summed E-state index contributed by atoms with van der Waals surface area (Å²) in [5.41, 5.74) is 0.230. The summed E-state index contributed by atoms with van der Waals surface area (Å²) in [7, 11) is 0. The van der Waals surface area contributed by atoms with Gasteiger partial charge in [0.1, 0.15) is 5.75 Å². The van der Waals surface area contributed by atoms with Crippen LogP contribution in [0.5, 0.6) is 5.75 Å². The van der Waals surface area contributed by atoms with Crippen molar-refractivity contribution < 1.29 is 32.3 Å². The van der Waals surface area contributed by atoms with Crippen LogP contribution in [0.3, 0.4) is 0 Å². The molecule has 0 saturated heterocycles. The van der Waals surface area contributed by atoms with Gasteiger partial charge in [-0.25, -0.2) is 8.78 Å². The molecule has 108 valence electrons. The van der Waals surface area contributed by atoms with Gasteiger partial charge in [-0.1, -0.05) is 18.2 Å². The predicted molar refractivity (Wildman–Crippen MR) is 62.7 cm³/mol. The molecule has 0 atom stereocenters. The van der Waals surface area contributed by atoms with E-state index in [-0.39, 0.29) is 11.3 Å². The molecule has 0 aliphatic rings. The Labute approximate surface area is 111 Å². The van der Waals surface area contributed by atoms with Crippen LogP contribution >= 0.6 is 0 Å². The lowest BCUT2D eigenvalue weighted by Crippen LogP contribution is -2.37. The number of allylic oxidation sites excluding steroid dienone is 1. The maximum absolute atomic E-state index is 12.6. The summed E-state index contributed by atoms with van der Waals surface area (Å²) in [5, 5.41) is 9.36. The second kappa shape index (κ2) is 6.31. The molecule has 0 amide bonds. The number of carbonyl (C=O) groups excluding carboxylic acids is 2. The number of alkyl halides is 4. The zero-order valence-electron chi connectivity index (χ0n) is 10.0. The quantitative estimate of drug-likeness (QED) is 0.498. The molecule has 0 aliphatic heterocycles. The lowest BCUT2D eigenvalue weighted by Gasteiger charge is -2.12. The average molecular weight is 290 g/mol. The van der Waals surface area contributed by atoms with Gasteiger partial charge in [-0.2, -0.15) is 8.78 Å². The molecule has 1 N–H and O–H groups in total. The van der Waals surface area contributed by atoms with E-state index in [9.17, 15) is 32.3 Å². The van der Waals surface area contributed by atoms with Crippen molar-refractivity contribution >= 4 is 17.6 Å². The SMILES string of the molecule is O=C(/C=C/c1ccccc1O)CC(=O)C(F)(F)C(F)F. The van der Waals surface area contributed by atoms with Gasteiger partial charge in [0.05, 0.1) is 6.42 Å². The second-order valence-corrected chi connectivity index (χ2v) is 3.88. The van der Waals surface area contributed by atoms with Crippen LogP contribution in [0.15, 0.2) is 30.3 Å². The Morgan fingerprint density at radius 1 is 1.25 bits per heavy atom. The van der Waals surface area contributed by atoms with Crippen molar-refractivity contribution in [1.82, 2.24) is 0 Å². The highest BCUT2D eigenvalue weighted by molar-refractivity contribution is 6.08. The normalized spacial score (nSPS) is 12.1. The molecular formula is C13H10F4O3. The van der Waals surface area contributed by atoms with Gasteiger partial charge in [0.15, 0.2) is 5.78 Å². The molecule has 0 radical (unpaired) electrons. The second-order valence-electron chi connectivity index (χ2n) is 3.88. The molecule has 0 spiro atoms. The van der Waals surface area contributed by atoms with E-state index in [1.54, 1.807) is 6.07 Å². The Balaban J connectivity index is 2.70. The van der Waals surface area contributed by atoms with E-state index < -0.39 is 30.3 Å².